The summed E-state index contributed by atoms with van der Waals surface area (Å²) in [4.78, 5) is 47.4. The van der Waals surface area contributed by atoms with Crippen LogP contribution >= 0.6 is 0 Å². The lowest BCUT2D eigenvalue weighted by Crippen LogP contribution is -2.17. The number of hydrogen-bond donors (Lipinski definition) is 0. The van der Waals surface area contributed by atoms with Crippen molar-refractivity contribution in [3.05, 3.63) is 70.8 Å². The molecule has 0 spiro atoms. The van der Waals surface area contributed by atoms with E-state index in [9.17, 15) is 19.2 Å². The molecule has 0 heterocycles. The summed E-state index contributed by atoms with van der Waals surface area (Å²) in [7, 11) is 0. The summed E-state index contributed by atoms with van der Waals surface area (Å²) in [5.41, 5.74) is 0.359. The minimum absolute atomic E-state index is 0.00801. The number of carbonyl (C=O) groups is 4. The summed E-state index contributed by atoms with van der Waals surface area (Å²) in [6, 6.07) is 12.1. The van der Waals surface area contributed by atoms with Crippen LogP contribution in [0.5, 0.6) is 0 Å². The van der Waals surface area contributed by atoms with Gasteiger partial charge in [-0.1, -0.05) is 36.4 Å². The van der Waals surface area contributed by atoms with E-state index >= 15 is 0 Å². The van der Waals surface area contributed by atoms with E-state index in [1.54, 1.807) is 24.3 Å². The van der Waals surface area contributed by atoms with Crippen molar-refractivity contribution in [2.24, 2.45) is 0 Å². The summed E-state index contributed by atoms with van der Waals surface area (Å²) in [5, 5.41) is 0. The summed E-state index contributed by atoms with van der Waals surface area (Å²) >= 11 is 0. The molecule has 2 rings (SSSR count). The number of esters is 2. The fourth-order valence-electron chi connectivity index (χ4n) is 2.13. The van der Waals surface area contributed by atoms with Crippen molar-refractivity contribution in [3.63, 3.8) is 0 Å². The average Bonchev–Trinajstić information content (AvgIpc) is 2.54. The lowest BCUT2D eigenvalue weighted by molar-refractivity contribution is 0.0394. The molecule has 0 amide bonds. The number of rotatable bonds is 4. The first-order valence-corrected chi connectivity index (χ1v) is 6.88. The van der Waals surface area contributed by atoms with Gasteiger partial charge in [-0.15, -0.1) is 0 Å². The molecule has 0 atom stereocenters. The molecule has 23 heavy (non-hydrogen) atoms. The molecule has 0 aromatic heterocycles. The molecule has 0 aliphatic rings. The van der Waals surface area contributed by atoms with Crippen LogP contribution in [0.4, 0.5) is 0 Å². The van der Waals surface area contributed by atoms with E-state index in [1.807, 2.05) is 0 Å². The van der Waals surface area contributed by atoms with Crippen LogP contribution in [-0.4, -0.2) is 23.5 Å². The first-order chi connectivity index (χ1) is 10.9. The largest absolute Gasteiger partial charge is 0.386 e. The Balaban J connectivity index is 2.30. The zero-order valence-corrected chi connectivity index (χ0v) is 12.7. The number of hydrogen-bond acceptors (Lipinski definition) is 5. The molecule has 0 aliphatic heterocycles. The SMILES string of the molecule is CC(=O)c1ccccc1C(=O)OC(=O)c1ccccc1C(C)=O. The van der Waals surface area contributed by atoms with E-state index in [0.29, 0.717) is 0 Å². The van der Waals surface area contributed by atoms with Crippen LogP contribution in [0.2, 0.25) is 0 Å². The van der Waals surface area contributed by atoms with Crippen LogP contribution in [0, 0.1) is 0 Å². The molecule has 0 unspecified atom stereocenters. The van der Waals surface area contributed by atoms with Crippen molar-refractivity contribution in [1.29, 1.82) is 0 Å². The highest BCUT2D eigenvalue weighted by atomic mass is 16.6. The van der Waals surface area contributed by atoms with E-state index in [-0.39, 0.29) is 33.8 Å². The van der Waals surface area contributed by atoms with Gasteiger partial charge in [0.25, 0.3) is 0 Å². The predicted octanol–water partition coefficient (Wildman–Crippen LogP) is 3.09. The summed E-state index contributed by atoms with van der Waals surface area (Å²) < 4.78 is 4.82. The van der Waals surface area contributed by atoms with E-state index in [1.165, 1.54) is 38.1 Å². The minimum Gasteiger partial charge on any atom is -0.386 e. The number of carbonyl (C=O) groups excluding carboxylic acids is 4. The van der Waals surface area contributed by atoms with Gasteiger partial charge in [0, 0.05) is 11.1 Å². The highest BCUT2D eigenvalue weighted by Gasteiger charge is 2.21. The van der Waals surface area contributed by atoms with E-state index < -0.39 is 11.9 Å². The molecule has 0 N–H and O–H groups in total. The maximum absolute atomic E-state index is 12.2. The monoisotopic (exact) mass is 310 g/mol. The van der Waals surface area contributed by atoms with Crippen molar-refractivity contribution in [2.75, 3.05) is 0 Å². The van der Waals surface area contributed by atoms with E-state index in [2.05, 4.69) is 0 Å². The van der Waals surface area contributed by atoms with Crippen molar-refractivity contribution < 1.29 is 23.9 Å². The second-order valence-corrected chi connectivity index (χ2v) is 4.88. The number of ether oxygens (including phenoxy) is 1. The molecule has 2 aromatic carbocycles. The van der Waals surface area contributed by atoms with Crippen LogP contribution in [-0.2, 0) is 4.74 Å². The second kappa shape index (κ2) is 6.79. The van der Waals surface area contributed by atoms with Gasteiger partial charge < -0.3 is 4.74 Å². The van der Waals surface area contributed by atoms with Gasteiger partial charge in [0.05, 0.1) is 11.1 Å². The quantitative estimate of drug-likeness (QED) is 0.492. The number of Topliss-reactive ketones (excluding diaryl/α,β-unsaturated/α-hetero) is 2. The maximum atomic E-state index is 12.2. The van der Waals surface area contributed by atoms with Gasteiger partial charge >= 0.3 is 11.9 Å². The average molecular weight is 310 g/mol. The lowest BCUT2D eigenvalue weighted by Gasteiger charge is -2.08. The Kier molecular flexibility index (Phi) is 4.81. The Hall–Kier alpha value is -3.08. The lowest BCUT2D eigenvalue weighted by atomic mass is 10.0. The van der Waals surface area contributed by atoms with Crippen LogP contribution in [0.1, 0.15) is 55.3 Å². The maximum Gasteiger partial charge on any atom is 0.346 e. The molecule has 2 aromatic rings. The molecular formula is C18H14O5. The topological polar surface area (TPSA) is 77.5 Å². The fourth-order valence-corrected chi connectivity index (χ4v) is 2.13. The van der Waals surface area contributed by atoms with Gasteiger partial charge in [-0.3, -0.25) is 9.59 Å². The Morgan fingerprint density at radius 1 is 0.609 bits per heavy atom. The van der Waals surface area contributed by atoms with Crippen molar-refractivity contribution >= 4 is 23.5 Å². The normalized spacial score (nSPS) is 10.0. The smallest absolute Gasteiger partial charge is 0.346 e. The molecule has 0 fully saturated rings. The molecule has 5 nitrogen and oxygen atoms in total. The van der Waals surface area contributed by atoms with Crippen molar-refractivity contribution in [1.82, 2.24) is 0 Å². The van der Waals surface area contributed by atoms with Crippen molar-refractivity contribution in [2.45, 2.75) is 13.8 Å². The predicted molar refractivity (Wildman–Crippen MR) is 82.6 cm³/mol. The summed E-state index contributed by atoms with van der Waals surface area (Å²) in [6.45, 7) is 2.64. The van der Waals surface area contributed by atoms with Crippen LogP contribution in [0.15, 0.2) is 48.5 Å². The summed E-state index contributed by atoms with van der Waals surface area (Å²) in [6.07, 6.45) is 0. The van der Waals surface area contributed by atoms with Gasteiger partial charge in [-0.05, 0) is 26.0 Å². The molecule has 0 radical (unpaired) electrons. The number of ketones is 2. The molecule has 0 aliphatic carbocycles. The Morgan fingerprint density at radius 2 is 0.913 bits per heavy atom. The van der Waals surface area contributed by atoms with Gasteiger partial charge in [-0.2, -0.15) is 0 Å². The van der Waals surface area contributed by atoms with Gasteiger partial charge in [0.15, 0.2) is 11.6 Å². The first-order valence-electron chi connectivity index (χ1n) is 6.88. The summed E-state index contributed by atoms with van der Waals surface area (Å²) in [5.74, 6) is -2.48. The molecule has 0 saturated carbocycles. The van der Waals surface area contributed by atoms with E-state index in [0.717, 1.165) is 0 Å². The highest BCUT2D eigenvalue weighted by Crippen LogP contribution is 2.15. The highest BCUT2D eigenvalue weighted by molar-refractivity contribution is 6.12. The third-order valence-electron chi connectivity index (χ3n) is 3.24. The minimum atomic E-state index is -0.931. The Morgan fingerprint density at radius 3 is 1.22 bits per heavy atom. The van der Waals surface area contributed by atoms with Gasteiger partial charge in [-0.25, -0.2) is 9.59 Å². The molecule has 0 bridgehead atoms. The number of benzene rings is 2. The Labute approximate surface area is 132 Å². The zero-order chi connectivity index (χ0) is 17.0. The fraction of sp³-hybridized carbons (Fsp3) is 0.111. The van der Waals surface area contributed by atoms with E-state index in [4.69, 9.17) is 4.74 Å². The third-order valence-corrected chi connectivity index (χ3v) is 3.24. The zero-order valence-electron chi connectivity index (χ0n) is 12.7. The molecule has 116 valence electrons. The van der Waals surface area contributed by atoms with Gasteiger partial charge in [0.1, 0.15) is 0 Å². The molecule has 0 saturated heterocycles. The first kappa shape index (κ1) is 16.3. The van der Waals surface area contributed by atoms with Gasteiger partial charge in [0.2, 0.25) is 0 Å². The molecule has 5 heteroatoms. The molecular weight excluding hydrogens is 296 g/mol. The standard InChI is InChI=1S/C18H14O5/c1-11(19)13-7-3-5-9-15(13)17(21)23-18(22)16-10-6-4-8-14(16)12(2)20/h3-10H,1-2H3. The van der Waals surface area contributed by atoms with Crippen LogP contribution < -0.4 is 0 Å². The second-order valence-electron chi connectivity index (χ2n) is 4.88. The Bertz CT molecular complexity index is 737. The van der Waals surface area contributed by atoms with Crippen LogP contribution in [0.25, 0.3) is 0 Å². The van der Waals surface area contributed by atoms with Crippen molar-refractivity contribution in [3.8, 4) is 0 Å². The van der Waals surface area contributed by atoms with Crippen LogP contribution in [0.3, 0.4) is 0 Å². The third kappa shape index (κ3) is 3.58.